The number of rotatable bonds is 5. The molecule has 2 rings (SSSR count). The summed E-state index contributed by atoms with van der Waals surface area (Å²) in [5, 5.41) is 0. The van der Waals surface area contributed by atoms with Gasteiger partial charge in [0.1, 0.15) is 16.2 Å². The second kappa shape index (κ2) is 6.80. The smallest absolute Gasteiger partial charge is 0.138 e. The first kappa shape index (κ1) is 15.6. The Labute approximate surface area is 130 Å². The third-order valence-electron chi connectivity index (χ3n) is 3.06. The molecule has 0 bridgehead atoms. The van der Waals surface area contributed by atoms with Gasteiger partial charge in [-0.3, -0.25) is 4.98 Å². The zero-order valence-electron chi connectivity index (χ0n) is 12.9. The highest BCUT2D eigenvalue weighted by atomic mass is 32.1. The van der Waals surface area contributed by atoms with E-state index >= 15 is 0 Å². The van der Waals surface area contributed by atoms with Crippen molar-refractivity contribution in [1.82, 2.24) is 15.0 Å². The first-order chi connectivity index (χ1) is 10.0. The van der Waals surface area contributed by atoms with Crippen LogP contribution in [0.3, 0.4) is 0 Å². The quantitative estimate of drug-likeness (QED) is 0.839. The van der Waals surface area contributed by atoms with Crippen molar-refractivity contribution in [2.24, 2.45) is 0 Å². The van der Waals surface area contributed by atoms with Crippen molar-refractivity contribution >= 4 is 12.2 Å². The molecule has 0 saturated heterocycles. The molecule has 0 atom stereocenters. The van der Waals surface area contributed by atoms with Crippen LogP contribution in [0.4, 0.5) is 0 Å². The van der Waals surface area contributed by atoms with Gasteiger partial charge >= 0.3 is 0 Å². The van der Waals surface area contributed by atoms with E-state index in [2.05, 4.69) is 21.9 Å². The standard InChI is InChI=1S/C16H21N3OS/c1-5-6-14-18-15(11(4)16(21)19-14)12-7-13(9-17-8-12)20-10(2)3/h7-10H,5-6H2,1-4H3,(H,18,19,21). The van der Waals surface area contributed by atoms with Gasteiger partial charge in [0.25, 0.3) is 0 Å². The number of nitrogens with one attached hydrogen (secondary N) is 1. The largest absolute Gasteiger partial charge is 0.489 e. The van der Waals surface area contributed by atoms with Crippen LogP contribution in [-0.4, -0.2) is 21.1 Å². The van der Waals surface area contributed by atoms with Crippen LogP contribution in [0.25, 0.3) is 11.3 Å². The van der Waals surface area contributed by atoms with Crippen molar-refractivity contribution in [3.8, 4) is 17.0 Å². The van der Waals surface area contributed by atoms with E-state index in [1.165, 1.54) is 0 Å². The fraction of sp³-hybridized carbons (Fsp3) is 0.438. The molecule has 0 aliphatic rings. The molecule has 2 aromatic heterocycles. The lowest BCUT2D eigenvalue weighted by molar-refractivity contribution is 0.241. The Balaban J connectivity index is 2.48. The first-order valence-electron chi connectivity index (χ1n) is 7.23. The van der Waals surface area contributed by atoms with Gasteiger partial charge in [0.15, 0.2) is 0 Å². The van der Waals surface area contributed by atoms with Crippen molar-refractivity contribution < 1.29 is 4.74 Å². The van der Waals surface area contributed by atoms with Crippen LogP contribution in [0, 0.1) is 11.6 Å². The molecule has 0 aliphatic heterocycles. The summed E-state index contributed by atoms with van der Waals surface area (Å²) in [5.74, 6) is 1.67. The van der Waals surface area contributed by atoms with E-state index in [4.69, 9.17) is 17.0 Å². The summed E-state index contributed by atoms with van der Waals surface area (Å²) in [7, 11) is 0. The van der Waals surface area contributed by atoms with Crippen molar-refractivity contribution in [1.29, 1.82) is 0 Å². The van der Waals surface area contributed by atoms with Crippen LogP contribution in [0.15, 0.2) is 18.5 Å². The number of aromatic amines is 1. The monoisotopic (exact) mass is 303 g/mol. The Hall–Kier alpha value is -1.75. The maximum absolute atomic E-state index is 5.71. The fourth-order valence-electron chi connectivity index (χ4n) is 2.12. The summed E-state index contributed by atoms with van der Waals surface area (Å²) in [6.07, 6.45) is 5.56. The third-order valence-corrected chi connectivity index (χ3v) is 3.46. The first-order valence-corrected chi connectivity index (χ1v) is 7.64. The Kier molecular flexibility index (Phi) is 5.07. The van der Waals surface area contributed by atoms with E-state index in [0.717, 1.165) is 41.2 Å². The van der Waals surface area contributed by atoms with Crippen molar-refractivity contribution in [3.05, 3.63) is 34.5 Å². The minimum atomic E-state index is 0.120. The topological polar surface area (TPSA) is 50.8 Å². The number of aryl methyl sites for hydroxylation is 1. The van der Waals surface area contributed by atoms with Gasteiger partial charge in [-0.05, 0) is 33.3 Å². The highest BCUT2D eigenvalue weighted by Gasteiger charge is 2.09. The van der Waals surface area contributed by atoms with Gasteiger partial charge in [0.05, 0.1) is 18.0 Å². The second-order valence-electron chi connectivity index (χ2n) is 5.31. The predicted molar refractivity (Wildman–Crippen MR) is 87.1 cm³/mol. The van der Waals surface area contributed by atoms with Gasteiger partial charge in [-0.25, -0.2) is 4.98 Å². The zero-order valence-corrected chi connectivity index (χ0v) is 13.8. The molecule has 0 fully saturated rings. The SMILES string of the molecule is CCCc1nc(=S)c(C)c(-c2cncc(OC(C)C)c2)[nH]1. The Morgan fingerprint density at radius 1 is 1.33 bits per heavy atom. The van der Waals surface area contributed by atoms with Crippen molar-refractivity contribution in [3.63, 3.8) is 0 Å². The zero-order chi connectivity index (χ0) is 15.4. The summed E-state index contributed by atoms with van der Waals surface area (Å²) in [4.78, 5) is 12.1. The molecule has 0 aliphatic carbocycles. The lowest BCUT2D eigenvalue weighted by Crippen LogP contribution is -2.06. The van der Waals surface area contributed by atoms with E-state index in [1.807, 2.05) is 33.0 Å². The third kappa shape index (κ3) is 3.88. The van der Waals surface area contributed by atoms with Crippen LogP contribution in [0.5, 0.6) is 5.75 Å². The van der Waals surface area contributed by atoms with E-state index in [0.29, 0.717) is 4.64 Å². The van der Waals surface area contributed by atoms with E-state index in [-0.39, 0.29) is 6.10 Å². The van der Waals surface area contributed by atoms with Crippen molar-refractivity contribution in [2.45, 2.75) is 46.6 Å². The average Bonchev–Trinajstić information content (AvgIpc) is 2.42. The highest BCUT2D eigenvalue weighted by molar-refractivity contribution is 7.71. The molecular weight excluding hydrogens is 282 g/mol. The van der Waals surface area contributed by atoms with Crippen LogP contribution in [-0.2, 0) is 6.42 Å². The molecule has 0 spiro atoms. The lowest BCUT2D eigenvalue weighted by Gasteiger charge is -2.12. The Bertz CT molecular complexity index is 679. The summed E-state index contributed by atoms with van der Waals surface area (Å²) in [5.41, 5.74) is 2.91. The second-order valence-corrected chi connectivity index (χ2v) is 5.70. The Morgan fingerprint density at radius 3 is 2.76 bits per heavy atom. The number of hydrogen-bond donors (Lipinski definition) is 1. The van der Waals surface area contributed by atoms with Gasteiger partial charge in [0.2, 0.25) is 0 Å². The molecule has 2 heterocycles. The summed E-state index contributed by atoms with van der Waals surface area (Å²) in [6.45, 7) is 8.10. The van der Waals surface area contributed by atoms with Crippen LogP contribution < -0.4 is 4.74 Å². The number of nitrogens with zero attached hydrogens (tertiary/aromatic N) is 2. The number of H-pyrrole nitrogens is 1. The number of pyridine rings is 1. The summed E-state index contributed by atoms with van der Waals surface area (Å²) >= 11 is 5.36. The highest BCUT2D eigenvalue weighted by Crippen LogP contribution is 2.25. The van der Waals surface area contributed by atoms with Gasteiger partial charge in [-0.1, -0.05) is 19.1 Å². The maximum atomic E-state index is 5.71. The molecule has 0 radical (unpaired) electrons. The minimum absolute atomic E-state index is 0.120. The molecule has 0 saturated carbocycles. The molecular formula is C16H21N3OS. The molecule has 1 N–H and O–H groups in total. The molecule has 5 heteroatoms. The van der Waals surface area contributed by atoms with E-state index in [9.17, 15) is 0 Å². The minimum Gasteiger partial charge on any atom is -0.489 e. The molecule has 0 unspecified atom stereocenters. The molecule has 0 aromatic carbocycles. The molecule has 4 nitrogen and oxygen atoms in total. The average molecular weight is 303 g/mol. The lowest BCUT2D eigenvalue weighted by atomic mass is 10.1. The normalized spacial score (nSPS) is 10.9. The molecule has 0 amide bonds. The molecule has 21 heavy (non-hydrogen) atoms. The van der Waals surface area contributed by atoms with Crippen molar-refractivity contribution in [2.75, 3.05) is 0 Å². The van der Waals surface area contributed by atoms with Crippen LogP contribution in [0.2, 0.25) is 0 Å². The summed E-state index contributed by atoms with van der Waals surface area (Å²) < 4.78 is 6.35. The summed E-state index contributed by atoms with van der Waals surface area (Å²) in [6, 6.07) is 1.98. The van der Waals surface area contributed by atoms with E-state index in [1.54, 1.807) is 6.20 Å². The Morgan fingerprint density at radius 2 is 2.10 bits per heavy atom. The fourth-order valence-corrected chi connectivity index (χ4v) is 2.33. The van der Waals surface area contributed by atoms with Crippen LogP contribution in [0.1, 0.15) is 38.6 Å². The van der Waals surface area contributed by atoms with Gasteiger partial charge in [-0.2, -0.15) is 0 Å². The van der Waals surface area contributed by atoms with Gasteiger partial charge in [0, 0.05) is 23.7 Å². The van der Waals surface area contributed by atoms with Gasteiger partial charge < -0.3 is 9.72 Å². The number of ether oxygens (including phenoxy) is 1. The van der Waals surface area contributed by atoms with Gasteiger partial charge in [-0.15, -0.1) is 0 Å². The molecule has 2 aromatic rings. The number of aromatic nitrogens is 3. The van der Waals surface area contributed by atoms with E-state index < -0.39 is 0 Å². The molecule has 112 valence electrons. The maximum Gasteiger partial charge on any atom is 0.138 e. The number of hydrogen-bond acceptors (Lipinski definition) is 4. The van der Waals surface area contributed by atoms with Crippen LogP contribution >= 0.6 is 12.2 Å². The predicted octanol–water partition coefficient (Wildman–Crippen LogP) is 4.25.